The molecule has 0 amide bonds. The van der Waals surface area contributed by atoms with E-state index in [0.717, 1.165) is 34.2 Å². The summed E-state index contributed by atoms with van der Waals surface area (Å²) in [6, 6.07) is 23.2. The maximum Gasteiger partial charge on any atom is 0.143 e. The Balaban J connectivity index is 1.84. The molecule has 2 atom stereocenters. The van der Waals surface area contributed by atoms with Crippen LogP contribution in [0.15, 0.2) is 72.8 Å². The third-order valence-corrected chi connectivity index (χ3v) is 4.82. The average Bonchev–Trinajstić information content (AvgIpc) is 2.72. The van der Waals surface area contributed by atoms with Crippen LogP contribution in [0.4, 0.5) is 0 Å². The number of hydrogen-bond donors (Lipinski definition) is 2. The first-order valence-electron chi connectivity index (χ1n) is 9.02. The van der Waals surface area contributed by atoms with Crippen LogP contribution in [-0.4, -0.2) is 10.5 Å². The SMILES string of the molecule is CCc1ccc(C(OO)c2ccc(C(OO)c3ccc(C)cc3)cc2)cc1. The minimum absolute atomic E-state index is 0.571. The van der Waals surface area contributed by atoms with Crippen molar-refractivity contribution in [2.45, 2.75) is 32.5 Å². The monoisotopic (exact) mass is 364 g/mol. The largest absolute Gasteiger partial charge is 0.251 e. The van der Waals surface area contributed by atoms with Gasteiger partial charge in [0, 0.05) is 0 Å². The summed E-state index contributed by atoms with van der Waals surface area (Å²) in [5.74, 6) is 0. The Morgan fingerprint density at radius 2 is 0.963 bits per heavy atom. The molecule has 0 fully saturated rings. The van der Waals surface area contributed by atoms with Gasteiger partial charge in [-0.25, -0.2) is 9.78 Å². The van der Waals surface area contributed by atoms with Gasteiger partial charge in [-0.1, -0.05) is 85.3 Å². The highest BCUT2D eigenvalue weighted by Gasteiger charge is 2.18. The highest BCUT2D eigenvalue weighted by atomic mass is 17.1. The van der Waals surface area contributed by atoms with Crippen molar-refractivity contribution in [1.82, 2.24) is 0 Å². The summed E-state index contributed by atoms with van der Waals surface area (Å²) >= 11 is 0. The Labute approximate surface area is 159 Å². The molecule has 3 aromatic rings. The molecule has 0 aliphatic carbocycles. The van der Waals surface area contributed by atoms with Crippen molar-refractivity contribution in [1.29, 1.82) is 0 Å². The van der Waals surface area contributed by atoms with Crippen molar-refractivity contribution in [2.75, 3.05) is 0 Å². The van der Waals surface area contributed by atoms with Gasteiger partial charge in [0.25, 0.3) is 0 Å². The molecule has 2 unspecified atom stereocenters. The second kappa shape index (κ2) is 8.93. The summed E-state index contributed by atoms with van der Waals surface area (Å²) in [5.41, 5.74) is 5.72. The van der Waals surface area contributed by atoms with Crippen molar-refractivity contribution in [3.05, 3.63) is 106 Å². The van der Waals surface area contributed by atoms with E-state index in [-0.39, 0.29) is 0 Å². The number of benzene rings is 3. The molecular formula is C23H24O4. The van der Waals surface area contributed by atoms with Crippen molar-refractivity contribution in [3.63, 3.8) is 0 Å². The Kier molecular flexibility index (Phi) is 6.37. The van der Waals surface area contributed by atoms with Gasteiger partial charge in [0.2, 0.25) is 0 Å². The van der Waals surface area contributed by atoms with Crippen molar-refractivity contribution < 1.29 is 20.3 Å². The fourth-order valence-electron chi connectivity index (χ4n) is 3.14. The number of rotatable bonds is 7. The zero-order chi connectivity index (χ0) is 19.2. The van der Waals surface area contributed by atoms with Gasteiger partial charge in [-0.15, -0.1) is 0 Å². The lowest BCUT2D eigenvalue weighted by Crippen LogP contribution is -2.07. The third kappa shape index (κ3) is 4.43. The van der Waals surface area contributed by atoms with Gasteiger partial charge < -0.3 is 0 Å². The second-order valence-corrected chi connectivity index (χ2v) is 6.64. The van der Waals surface area contributed by atoms with E-state index in [1.807, 2.05) is 79.7 Å². The fourth-order valence-corrected chi connectivity index (χ4v) is 3.14. The minimum Gasteiger partial charge on any atom is -0.251 e. The van der Waals surface area contributed by atoms with Gasteiger partial charge in [-0.05, 0) is 41.2 Å². The number of aryl methyl sites for hydroxylation is 2. The summed E-state index contributed by atoms with van der Waals surface area (Å²) in [7, 11) is 0. The van der Waals surface area contributed by atoms with Gasteiger partial charge in [0.15, 0.2) is 0 Å². The lowest BCUT2D eigenvalue weighted by molar-refractivity contribution is -0.271. The van der Waals surface area contributed by atoms with Crippen LogP contribution in [0.5, 0.6) is 0 Å². The van der Waals surface area contributed by atoms with E-state index in [1.54, 1.807) is 0 Å². The zero-order valence-corrected chi connectivity index (χ0v) is 15.5. The molecule has 0 heterocycles. The highest BCUT2D eigenvalue weighted by Crippen LogP contribution is 2.30. The molecule has 3 rings (SSSR count). The Hall–Kier alpha value is -2.50. The van der Waals surface area contributed by atoms with Gasteiger partial charge in [0.1, 0.15) is 12.2 Å². The topological polar surface area (TPSA) is 58.9 Å². The zero-order valence-electron chi connectivity index (χ0n) is 15.5. The van der Waals surface area contributed by atoms with Gasteiger partial charge in [0.05, 0.1) is 0 Å². The summed E-state index contributed by atoms with van der Waals surface area (Å²) in [6.07, 6.45) is -0.184. The summed E-state index contributed by atoms with van der Waals surface area (Å²) in [5, 5.41) is 18.8. The Morgan fingerprint density at radius 3 is 1.30 bits per heavy atom. The quantitative estimate of drug-likeness (QED) is 0.416. The van der Waals surface area contributed by atoms with Crippen LogP contribution in [0.2, 0.25) is 0 Å². The highest BCUT2D eigenvalue weighted by molar-refractivity contribution is 5.37. The molecule has 4 heteroatoms. The molecule has 0 spiro atoms. The predicted octanol–water partition coefficient (Wildman–Crippen LogP) is 5.72. The van der Waals surface area contributed by atoms with E-state index in [9.17, 15) is 10.5 Å². The second-order valence-electron chi connectivity index (χ2n) is 6.64. The molecule has 0 radical (unpaired) electrons. The summed E-state index contributed by atoms with van der Waals surface area (Å²) < 4.78 is 0. The standard InChI is InChI=1S/C23H24O4/c1-3-17-6-10-19(11-7-17)23(27-25)21-14-12-20(13-15-21)22(26-24)18-8-4-16(2)5-9-18/h4-15,22-25H,3H2,1-2H3. The van der Waals surface area contributed by atoms with E-state index >= 15 is 0 Å². The van der Waals surface area contributed by atoms with Crippen LogP contribution in [-0.2, 0) is 16.2 Å². The maximum absolute atomic E-state index is 9.42. The first-order chi connectivity index (χ1) is 13.2. The molecule has 3 aromatic carbocycles. The first-order valence-corrected chi connectivity index (χ1v) is 9.02. The maximum atomic E-state index is 9.42. The van der Waals surface area contributed by atoms with Gasteiger partial charge >= 0.3 is 0 Å². The molecule has 0 aliphatic rings. The Bertz CT molecular complexity index is 839. The fraction of sp³-hybridized carbons (Fsp3) is 0.217. The Morgan fingerprint density at radius 1 is 0.630 bits per heavy atom. The third-order valence-electron chi connectivity index (χ3n) is 4.82. The minimum atomic E-state index is -0.572. The first kappa shape index (κ1) is 19.3. The molecule has 0 bridgehead atoms. The molecule has 27 heavy (non-hydrogen) atoms. The average molecular weight is 364 g/mol. The molecule has 2 N–H and O–H groups in total. The normalized spacial score (nSPS) is 13.3. The van der Waals surface area contributed by atoms with Crippen LogP contribution in [0, 0.1) is 6.92 Å². The van der Waals surface area contributed by atoms with E-state index < -0.39 is 12.2 Å². The van der Waals surface area contributed by atoms with Gasteiger partial charge in [-0.2, -0.15) is 0 Å². The van der Waals surface area contributed by atoms with Gasteiger partial charge in [-0.3, -0.25) is 10.5 Å². The van der Waals surface area contributed by atoms with Crippen molar-refractivity contribution >= 4 is 0 Å². The van der Waals surface area contributed by atoms with E-state index in [2.05, 4.69) is 6.92 Å². The number of hydrogen-bond acceptors (Lipinski definition) is 4. The molecule has 4 nitrogen and oxygen atoms in total. The van der Waals surface area contributed by atoms with Crippen LogP contribution >= 0.6 is 0 Å². The lowest BCUT2D eigenvalue weighted by Gasteiger charge is -2.18. The van der Waals surface area contributed by atoms with E-state index in [1.165, 1.54) is 5.56 Å². The lowest BCUT2D eigenvalue weighted by atomic mass is 9.96. The summed E-state index contributed by atoms with van der Waals surface area (Å²) in [6.45, 7) is 4.11. The van der Waals surface area contributed by atoms with Crippen LogP contribution < -0.4 is 0 Å². The van der Waals surface area contributed by atoms with Crippen LogP contribution in [0.1, 0.15) is 52.5 Å². The molecule has 0 aliphatic heterocycles. The van der Waals surface area contributed by atoms with Crippen LogP contribution in [0.25, 0.3) is 0 Å². The van der Waals surface area contributed by atoms with E-state index in [0.29, 0.717) is 0 Å². The molecule has 0 saturated carbocycles. The van der Waals surface area contributed by atoms with Crippen molar-refractivity contribution in [3.8, 4) is 0 Å². The molecular weight excluding hydrogens is 340 g/mol. The van der Waals surface area contributed by atoms with Crippen molar-refractivity contribution in [2.24, 2.45) is 0 Å². The predicted molar refractivity (Wildman–Crippen MR) is 105 cm³/mol. The molecule has 0 aromatic heterocycles. The molecule has 140 valence electrons. The summed E-state index contributed by atoms with van der Waals surface area (Å²) in [4.78, 5) is 9.46. The smallest absolute Gasteiger partial charge is 0.143 e. The molecule has 0 saturated heterocycles. The van der Waals surface area contributed by atoms with Crippen LogP contribution in [0.3, 0.4) is 0 Å². The van der Waals surface area contributed by atoms with E-state index in [4.69, 9.17) is 9.78 Å².